The zero-order chi connectivity index (χ0) is 16.2. The van der Waals surface area contributed by atoms with Gasteiger partial charge >= 0.3 is 0 Å². The first-order valence-electron chi connectivity index (χ1n) is 8.00. The molecule has 2 aromatic rings. The van der Waals surface area contributed by atoms with Crippen molar-refractivity contribution in [2.75, 3.05) is 0 Å². The maximum absolute atomic E-state index is 11.8. The van der Waals surface area contributed by atoms with E-state index in [4.69, 9.17) is 0 Å². The molecule has 2 aromatic carbocycles. The van der Waals surface area contributed by atoms with E-state index in [1.165, 1.54) is 0 Å². The van der Waals surface area contributed by atoms with E-state index in [0.717, 1.165) is 54.0 Å². The molecule has 0 aliphatic carbocycles. The molecule has 3 nitrogen and oxygen atoms in total. The molecule has 1 N–H and O–H groups in total. The summed E-state index contributed by atoms with van der Waals surface area (Å²) in [6.45, 7) is 4.19. The van der Waals surface area contributed by atoms with Crippen LogP contribution in [-0.4, -0.2) is 13.0 Å². The molecule has 0 radical (unpaired) electrons. The third kappa shape index (κ3) is 3.68. The third-order valence-electron chi connectivity index (χ3n) is 4.06. The second-order valence-electron chi connectivity index (χ2n) is 5.74. The largest absolute Gasteiger partial charge is 0.294 e. The van der Waals surface area contributed by atoms with Crippen molar-refractivity contribution < 1.29 is 13.0 Å². The topological polar surface area (TPSA) is 54.4 Å². The van der Waals surface area contributed by atoms with Gasteiger partial charge in [0, 0.05) is 0 Å². The van der Waals surface area contributed by atoms with Crippen LogP contribution in [0.4, 0.5) is 0 Å². The van der Waals surface area contributed by atoms with Gasteiger partial charge in [0.15, 0.2) is 0 Å². The van der Waals surface area contributed by atoms with Crippen LogP contribution in [0.2, 0.25) is 0 Å². The van der Waals surface area contributed by atoms with Crippen molar-refractivity contribution in [3.63, 3.8) is 0 Å². The van der Waals surface area contributed by atoms with Gasteiger partial charge in [-0.25, -0.2) is 0 Å². The van der Waals surface area contributed by atoms with Gasteiger partial charge in [-0.1, -0.05) is 51.0 Å². The number of hydrogen-bond acceptors (Lipinski definition) is 2. The molecular formula is C18H24O3S. The van der Waals surface area contributed by atoms with Gasteiger partial charge in [0.2, 0.25) is 0 Å². The summed E-state index contributed by atoms with van der Waals surface area (Å²) in [6, 6.07) is 9.59. The van der Waals surface area contributed by atoms with Gasteiger partial charge in [-0.2, -0.15) is 8.42 Å². The first-order chi connectivity index (χ1) is 10.5. The van der Waals surface area contributed by atoms with Gasteiger partial charge in [-0.3, -0.25) is 4.55 Å². The highest BCUT2D eigenvalue weighted by atomic mass is 32.2. The van der Waals surface area contributed by atoms with Crippen LogP contribution >= 0.6 is 0 Å². The van der Waals surface area contributed by atoms with Crippen LogP contribution in [0, 0.1) is 0 Å². The fourth-order valence-corrected chi connectivity index (χ4v) is 3.71. The summed E-state index contributed by atoms with van der Waals surface area (Å²) in [4.78, 5) is 0.0887. The number of benzene rings is 2. The second kappa shape index (κ2) is 7.25. The molecule has 120 valence electrons. The molecule has 0 atom stereocenters. The SMILES string of the molecule is CCCCc1cc(S(=O)(=O)O)c(CCCC)c2ccccc12. The van der Waals surface area contributed by atoms with Crippen LogP contribution in [0.1, 0.15) is 50.7 Å². The minimum Gasteiger partial charge on any atom is -0.282 e. The molecule has 0 unspecified atom stereocenters. The van der Waals surface area contributed by atoms with Gasteiger partial charge in [0.25, 0.3) is 10.1 Å². The molecule has 0 heterocycles. The maximum atomic E-state index is 11.8. The highest BCUT2D eigenvalue weighted by Gasteiger charge is 2.19. The number of rotatable bonds is 7. The average molecular weight is 320 g/mol. The molecule has 0 saturated carbocycles. The number of fused-ring (bicyclic) bond motifs is 1. The van der Waals surface area contributed by atoms with Crippen LogP contribution in [-0.2, 0) is 23.0 Å². The summed E-state index contributed by atoms with van der Waals surface area (Å²) < 4.78 is 33.3. The molecule has 0 saturated heterocycles. The van der Waals surface area contributed by atoms with Gasteiger partial charge in [-0.15, -0.1) is 0 Å². The smallest absolute Gasteiger partial charge is 0.282 e. The first-order valence-corrected chi connectivity index (χ1v) is 9.44. The van der Waals surface area contributed by atoms with Crippen LogP contribution < -0.4 is 0 Å². The van der Waals surface area contributed by atoms with Gasteiger partial charge in [0.05, 0.1) is 4.90 Å². The summed E-state index contributed by atoms with van der Waals surface area (Å²) >= 11 is 0. The third-order valence-corrected chi connectivity index (χ3v) is 4.98. The lowest BCUT2D eigenvalue weighted by atomic mass is 9.94. The fraction of sp³-hybridized carbons (Fsp3) is 0.444. The Balaban J connectivity index is 2.72. The lowest BCUT2D eigenvalue weighted by Gasteiger charge is -2.15. The highest BCUT2D eigenvalue weighted by molar-refractivity contribution is 7.85. The number of hydrogen-bond donors (Lipinski definition) is 1. The molecule has 0 aromatic heterocycles. The monoisotopic (exact) mass is 320 g/mol. The van der Waals surface area contributed by atoms with Gasteiger partial charge in [-0.05, 0) is 53.6 Å². The van der Waals surface area contributed by atoms with Crippen LogP contribution in [0.15, 0.2) is 35.2 Å². The van der Waals surface area contributed by atoms with Crippen molar-refractivity contribution in [2.45, 2.75) is 57.3 Å². The van der Waals surface area contributed by atoms with Crippen molar-refractivity contribution >= 4 is 20.9 Å². The van der Waals surface area contributed by atoms with Crippen LogP contribution in [0.25, 0.3) is 10.8 Å². The number of unbranched alkanes of at least 4 members (excludes halogenated alkanes) is 2. The quantitative estimate of drug-likeness (QED) is 0.747. The summed E-state index contributed by atoms with van der Waals surface area (Å²) in [6.07, 6.45) is 5.43. The molecule has 2 rings (SSSR count). The summed E-state index contributed by atoms with van der Waals surface area (Å²) in [5.41, 5.74) is 1.76. The van der Waals surface area contributed by atoms with E-state index in [1.807, 2.05) is 24.3 Å². The Hall–Kier alpha value is -1.39. The number of aryl methyl sites for hydroxylation is 2. The second-order valence-corrected chi connectivity index (χ2v) is 7.13. The Kier molecular flexibility index (Phi) is 5.59. The Bertz CT molecular complexity index is 748. The lowest BCUT2D eigenvalue weighted by Crippen LogP contribution is -2.06. The van der Waals surface area contributed by atoms with E-state index in [-0.39, 0.29) is 4.90 Å². The van der Waals surface area contributed by atoms with Crippen molar-refractivity contribution in [2.24, 2.45) is 0 Å². The molecule has 0 fully saturated rings. The molecule has 0 spiro atoms. The fourth-order valence-electron chi connectivity index (χ4n) is 2.90. The lowest BCUT2D eigenvalue weighted by molar-refractivity contribution is 0.482. The normalized spacial score (nSPS) is 12.0. The van der Waals surface area contributed by atoms with Crippen molar-refractivity contribution in [1.82, 2.24) is 0 Å². The molecule has 4 heteroatoms. The van der Waals surface area contributed by atoms with Crippen molar-refractivity contribution in [3.8, 4) is 0 Å². The van der Waals surface area contributed by atoms with E-state index < -0.39 is 10.1 Å². The summed E-state index contributed by atoms with van der Waals surface area (Å²) in [5, 5.41) is 2.06. The van der Waals surface area contributed by atoms with Crippen LogP contribution in [0.3, 0.4) is 0 Å². The van der Waals surface area contributed by atoms with Crippen molar-refractivity contribution in [1.29, 1.82) is 0 Å². The Morgan fingerprint density at radius 1 is 0.955 bits per heavy atom. The Labute approximate surface area is 133 Å². The molecule has 0 aliphatic heterocycles. The predicted octanol–water partition coefficient (Wildman–Crippen LogP) is 4.77. The zero-order valence-electron chi connectivity index (χ0n) is 13.3. The molecule has 0 aliphatic rings. The minimum absolute atomic E-state index is 0.0887. The Morgan fingerprint density at radius 3 is 2.14 bits per heavy atom. The molecule has 0 bridgehead atoms. The summed E-state index contributed by atoms with van der Waals surface area (Å²) in [7, 11) is -4.20. The standard InChI is InChI=1S/C18H24O3S/c1-3-5-9-14-13-18(22(19,20)21)17(10-6-4-2)16-12-8-7-11-15(14)16/h7-8,11-13H,3-6,9-10H2,1-2H3,(H,19,20,21). The minimum atomic E-state index is -4.20. The molecular weight excluding hydrogens is 296 g/mol. The first kappa shape index (κ1) is 17.0. The van der Waals surface area contributed by atoms with E-state index in [2.05, 4.69) is 13.8 Å². The summed E-state index contributed by atoms with van der Waals surface area (Å²) in [5.74, 6) is 0. The van der Waals surface area contributed by atoms with Crippen molar-refractivity contribution in [3.05, 3.63) is 41.5 Å². The van der Waals surface area contributed by atoms with E-state index in [9.17, 15) is 13.0 Å². The van der Waals surface area contributed by atoms with Gasteiger partial charge in [0.1, 0.15) is 0 Å². The van der Waals surface area contributed by atoms with Crippen LogP contribution in [0.5, 0.6) is 0 Å². The maximum Gasteiger partial charge on any atom is 0.294 e. The van der Waals surface area contributed by atoms with Gasteiger partial charge < -0.3 is 0 Å². The predicted molar refractivity (Wildman–Crippen MR) is 91.0 cm³/mol. The Morgan fingerprint density at radius 2 is 1.55 bits per heavy atom. The highest BCUT2D eigenvalue weighted by Crippen LogP contribution is 2.31. The van der Waals surface area contributed by atoms with E-state index in [1.54, 1.807) is 6.07 Å². The molecule has 22 heavy (non-hydrogen) atoms. The molecule has 0 amide bonds. The average Bonchev–Trinajstić information content (AvgIpc) is 2.49. The van der Waals surface area contributed by atoms with E-state index >= 15 is 0 Å². The van der Waals surface area contributed by atoms with E-state index in [0.29, 0.717) is 6.42 Å². The zero-order valence-corrected chi connectivity index (χ0v) is 14.1.